The van der Waals surface area contributed by atoms with Crippen LogP contribution in [0.5, 0.6) is 0 Å². The second kappa shape index (κ2) is 8.77. The number of likely N-dealkylation sites (N-methyl/N-ethyl adjacent to an activating group) is 1. The van der Waals surface area contributed by atoms with Gasteiger partial charge in [-0.1, -0.05) is 29.3 Å². The molecule has 28 heavy (non-hydrogen) atoms. The van der Waals surface area contributed by atoms with Crippen LogP contribution in [-0.2, 0) is 4.79 Å². The highest BCUT2D eigenvalue weighted by Crippen LogP contribution is 2.29. The van der Waals surface area contributed by atoms with Crippen LogP contribution >= 0.6 is 39.1 Å². The molecule has 1 heterocycles. The minimum atomic E-state index is -0.399. The van der Waals surface area contributed by atoms with E-state index in [1.807, 2.05) is 6.20 Å². The van der Waals surface area contributed by atoms with Gasteiger partial charge in [-0.15, -0.1) is 0 Å². The predicted octanol–water partition coefficient (Wildman–Crippen LogP) is 4.65. The maximum Gasteiger partial charge on any atom is 0.254 e. The highest BCUT2D eigenvalue weighted by atomic mass is 79.9. The van der Waals surface area contributed by atoms with E-state index < -0.39 is 5.91 Å². The molecule has 6 nitrogen and oxygen atoms in total. The van der Waals surface area contributed by atoms with Crippen LogP contribution in [0, 0.1) is 0 Å². The Kier molecular flexibility index (Phi) is 6.39. The summed E-state index contributed by atoms with van der Waals surface area (Å²) in [7, 11) is 1.55. The van der Waals surface area contributed by atoms with E-state index in [1.54, 1.807) is 60.4 Å². The Morgan fingerprint density at radius 2 is 1.79 bits per heavy atom. The van der Waals surface area contributed by atoms with Crippen molar-refractivity contribution in [1.29, 1.82) is 0 Å². The van der Waals surface area contributed by atoms with Crippen molar-refractivity contribution < 1.29 is 9.59 Å². The molecule has 2 amide bonds. The first kappa shape index (κ1) is 20.4. The maximum absolute atomic E-state index is 12.6. The SMILES string of the molecule is CN(CC(=O)Nc1c(Cl)cccc1Cl)C(=O)c1ccc(-n2cc(Br)cn2)cc1. The standard InChI is InChI=1S/C19H15BrCl2N4O2/c1-25(11-17(27)24-18-15(21)3-2-4-16(18)22)19(28)12-5-7-14(8-6-12)26-10-13(20)9-23-26/h2-10H,11H2,1H3,(H,24,27). The number of carbonyl (C=O) groups excluding carboxylic acids is 2. The van der Waals surface area contributed by atoms with E-state index in [0.717, 1.165) is 10.2 Å². The lowest BCUT2D eigenvalue weighted by atomic mass is 10.2. The number of para-hydroxylation sites is 1. The van der Waals surface area contributed by atoms with E-state index in [4.69, 9.17) is 23.2 Å². The molecule has 1 aromatic heterocycles. The van der Waals surface area contributed by atoms with Crippen LogP contribution in [0.2, 0.25) is 10.0 Å². The van der Waals surface area contributed by atoms with Crippen molar-refractivity contribution >= 4 is 56.6 Å². The fourth-order valence-corrected chi connectivity index (χ4v) is 3.28. The third-order valence-corrected chi connectivity index (χ3v) is 4.92. The quantitative estimate of drug-likeness (QED) is 0.576. The molecule has 0 atom stereocenters. The van der Waals surface area contributed by atoms with E-state index in [2.05, 4.69) is 26.3 Å². The lowest BCUT2D eigenvalue weighted by molar-refractivity contribution is -0.116. The summed E-state index contributed by atoms with van der Waals surface area (Å²) in [5.41, 5.74) is 1.60. The fourth-order valence-electron chi connectivity index (χ4n) is 2.50. The summed E-state index contributed by atoms with van der Waals surface area (Å²) in [4.78, 5) is 26.2. The maximum atomic E-state index is 12.6. The van der Waals surface area contributed by atoms with Gasteiger partial charge in [-0.25, -0.2) is 4.68 Å². The number of halogens is 3. The number of hydrogen-bond donors (Lipinski definition) is 1. The zero-order chi connectivity index (χ0) is 20.3. The van der Waals surface area contributed by atoms with Gasteiger partial charge in [-0.05, 0) is 52.3 Å². The molecule has 0 saturated carbocycles. The molecule has 0 aliphatic rings. The van der Waals surface area contributed by atoms with E-state index in [-0.39, 0.29) is 12.5 Å². The van der Waals surface area contributed by atoms with Gasteiger partial charge in [0.05, 0.1) is 38.6 Å². The van der Waals surface area contributed by atoms with Crippen LogP contribution in [0.1, 0.15) is 10.4 Å². The molecule has 9 heteroatoms. The smallest absolute Gasteiger partial charge is 0.254 e. The van der Waals surface area contributed by atoms with Crippen LogP contribution < -0.4 is 5.32 Å². The monoisotopic (exact) mass is 480 g/mol. The number of nitrogens with zero attached hydrogens (tertiary/aromatic N) is 3. The summed E-state index contributed by atoms with van der Waals surface area (Å²) in [5.74, 6) is -0.683. The Labute approximate surface area is 180 Å². The van der Waals surface area contributed by atoms with Crippen LogP contribution in [0.25, 0.3) is 5.69 Å². The zero-order valence-electron chi connectivity index (χ0n) is 14.7. The van der Waals surface area contributed by atoms with Crippen LogP contribution in [-0.4, -0.2) is 40.1 Å². The van der Waals surface area contributed by atoms with Crippen molar-refractivity contribution in [2.24, 2.45) is 0 Å². The second-order valence-corrected chi connectivity index (χ2v) is 7.69. The summed E-state index contributed by atoms with van der Waals surface area (Å²) in [6.45, 7) is -0.145. The molecule has 1 N–H and O–H groups in total. The Balaban J connectivity index is 1.64. The van der Waals surface area contributed by atoms with Gasteiger partial charge in [0, 0.05) is 18.8 Å². The summed E-state index contributed by atoms with van der Waals surface area (Å²) in [5, 5.41) is 7.48. The second-order valence-electron chi connectivity index (χ2n) is 5.96. The average molecular weight is 482 g/mol. The minimum absolute atomic E-state index is 0.145. The molecular weight excluding hydrogens is 467 g/mol. The van der Waals surface area contributed by atoms with Crippen molar-refractivity contribution in [3.8, 4) is 5.69 Å². The number of anilines is 1. The van der Waals surface area contributed by atoms with Gasteiger partial charge in [-0.2, -0.15) is 5.10 Å². The van der Waals surface area contributed by atoms with E-state index in [0.29, 0.717) is 21.3 Å². The predicted molar refractivity (Wildman–Crippen MR) is 113 cm³/mol. The largest absolute Gasteiger partial charge is 0.332 e. The first-order valence-electron chi connectivity index (χ1n) is 8.15. The zero-order valence-corrected chi connectivity index (χ0v) is 17.8. The number of rotatable bonds is 5. The Morgan fingerprint density at radius 1 is 1.14 bits per heavy atom. The van der Waals surface area contributed by atoms with Gasteiger partial charge >= 0.3 is 0 Å². The van der Waals surface area contributed by atoms with E-state index in [1.165, 1.54) is 4.90 Å². The number of amides is 2. The fraction of sp³-hybridized carbons (Fsp3) is 0.105. The third kappa shape index (κ3) is 4.73. The lowest BCUT2D eigenvalue weighted by Crippen LogP contribution is -2.35. The molecule has 144 valence electrons. The highest BCUT2D eigenvalue weighted by molar-refractivity contribution is 9.10. The van der Waals surface area contributed by atoms with Gasteiger partial charge in [0.1, 0.15) is 0 Å². The van der Waals surface area contributed by atoms with Crippen molar-refractivity contribution in [2.45, 2.75) is 0 Å². The molecule has 0 unspecified atom stereocenters. The van der Waals surface area contributed by atoms with Gasteiger partial charge in [0.2, 0.25) is 5.91 Å². The van der Waals surface area contributed by atoms with Gasteiger partial charge < -0.3 is 10.2 Å². The molecular formula is C19H15BrCl2N4O2. The Hall–Kier alpha value is -2.35. The average Bonchev–Trinajstić information content (AvgIpc) is 3.10. The molecule has 3 rings (SSSR count). The van der Waals surface area contributed by atoms with Crippen molar-refractivity contribution in [3.63, 3.8) is 0 Å². The molecule has 0 aliphatic heterocycles. The topological polar surface area (TPSA) is 67.2 Å². The highest BCUT2D eigenvalue weighted by Gasteiger charge is 2.17. The number of carbonyl (C=O) groups is 2. The van der Waals surface area contributed by atoms with Crippen LogP contribution in [0.3, 0.4) is 0 Å². The first-order valence-corrected chi connectivity index (χ1v) is 9.70. The summed E-state index contributed by atoms with van der Waals surface area (Å²) >= 11 is 15.4. The number of aromatic nitrogens is 2. The molecule has 3 aromatic rings. The van der Waals surface area contributed by atoms with Gasteiger partial charge in [-0.3, -0.25) is 9.59 Å². The van der Waals surface area contributed by atoms with Gasteiger partial charge in [0.15, 0.2) is 0 Å². The van der Waals surface area contributed by atoms with Crippen molar-refractivity contribution in [2.75, 3.05) is 18.9 Å². The molecule has 0 radical (unpaired) electrons. The molecule has 0 saturated heterocycles. The first-order chi connectivity index (χ1) is 13.3. The number of hydrogen-bond acceptors (Lipinski definition) is 3. The van der Waals surface area contributed by atoms with E-state index in [9.17, 15) is 9.59 Å². The Bertz CT molecular complexity index is 1000. The van der Waals surface area contributed by atoms with Gasteiger partial charge in [0.25, 0.3) is 5.91 Å². The summed E-state index contributed by atoms with van der Waals surface area (Å²) in [6.07, 6.45) is 3.49. The Morgan fingerprint density at radius 3 is 2.36 bits per heavy atom. The molecule has 0 aliphatic carbocycles. The molecule has 0 bridgehead atoms. The lowest BCUT2D eigenvalue weighted by Gasteiger charge is -2.18. The van der Waals surface area contributed by atoms with E-state index >= 15 is 0 Å². The summed E-state index contributed by atoms with van der Waals surface area (Å²) in [6, 6.07) is 11.9. The molecule has 0 fully saturated rings. The van der Waals surface area contributed by atoms with Crippen LogP contribution in [0.4, 0.5) is 5.69 Å². The van der Waals surface area contributed by atoms with Crippen LogP contribution in [0.15, 0.2) is 59.3 Å². The number of nitrogens with one attached hydrogen (secondary N) is 1. The summed E-state index contributed by atoms with van der Waals surface area (Å²) < 4.78 is 2.54. The van der Waals surface area contributed by atoms with Crippen molar-refractivity contribution in [3.05, 3.63) is 74.9 Å². The molecule has 0 spiro atoms. The minimum Gasteiger partial charge on any atom is -0.332 e. The number of benzene rings is 2. The van der Waals surface area contributed by atoms with Crippen molar-refractivity contribution in [1.82, 2.24) is 14.7 Å². The normalized spacial score (nSPS) is 10.6. The third-order valence-electron chi connectivity index (χ3n) is 3.88. The molecule has 2 aromatic carbocycles.